The fourth-order valence-corrected chi connectivity index (χ4v) is 6.16. The van der Waals surface area contributed by atoms with Gasteiger partial charge in [0.15, 0.2) is 0 Å². The van der Waals surface area contributed by atoms with Gasteiger partial charge in [-0.3, -0.25) is 0 Å². The first-order valence-electron chi connectivity index (χ1n) is 19.0. The molecular weight excluding hydrogens is 558 g/mol. The Morgan fingerprint density at radius 1 is 0.435 bits per heavy atom. The zero-order valence-electron chi connectivity index (χ0n) is 32.5. The highest BCUT2D eigenvalue weighted by atomic mass is 16.3. The van der Waals surface area contributed by atoms with Crippen LogP contribution in [-0.2, 0) is 0 Å². The van der Waals surface area contributed by atoms with Crippen LogP contribution in [0, 0.1) is 0 Å². The minimum absolute atomic E-state index is 0.0440. The largest absolute Gasteiger partial charge is 0.455 e. The van der Waals surface area contributed by atoms with Gasteiger partial charge < -0.3 is 9.32 Å². The third kappa shape index (κ3) is 4.43. The van der Waals surface area contributed by atoms with Crippen molar-refractivity contribution < 1.29 is 15.4 Å². The first-order valence-corrected chi connectivity index (χ1v) is 15.0. The van der Waals surface area contributed by atoms with E-state index in [0.29, 0.717) is 33.4 Å². The summed E-state index contributed by atoms with van der Waals surface area (Å²) >= 11 is 0. The number of rotatable bonds is 5. The standard InChI is InChI=1S/C44H29NO/c1-2-11-34-29-35(20-19-30(34)9-1)31-21-25-36(26-22-31)45(42-17-7-12-32-10-3-4-13-38(32)42)37-27-23-33(24-28-37)39-15-8-16-41-40-14-5-6-18-43(40)46-44(39)41/h1-29H/i21D,22D,23D,24D,25D,26D,27D,28D. The van der Waals surface area contributed by atoms with Gasteiger partial charge in [0.2, 0.25) is 0 Å². The third-order valence-electron chi connectivity index (χ3n) is 8.39. The Morgan fingerprint density at radius 2 is 1.04 bits per heavy atom. The van der Waals surface area contributed by atoms with Crippen LogP contribution in [0.2, 0.25) is 0 Å². The van der Waals surface area contributed by atoms with Gasteiger partial charge in [-0.25, -0.2) is 0 Å². The van der Waals surface area contributed by atoms with Crippen LogP contribution in [-0.4, -0.2) is 0 Å². The van der Waals surface area contributed by atoms with E-state index in [9.17, 15) is 11.0 Å². The first-order chi connectivity index (χ1) is 26.2. The van der Waals surface area contributed by atoms with Crippen LogP contribution in [0.25, 0.3) is 65.7 Å². The zero-order valence-corrected chi connectivity index (χ0v) is 24.5. The molecule has 9 rings (SSSR count). The molecular formula is C44H29NO. The molecule has 0 aliphatic carbocycles. The summed E-state index contributed by atoms with van der Waals surface area (Å²) < 4.78 is 81.4. The molecule has 0 aliphatic heterocycles. The van der Waals surface area contributed by atoms with Gasteiger partial charge in [0.1, 0.15) is 11.2 Å². The van der Waals surface area contributed by atoms with E-state index >= 15 is 0 Å². The van der Waals surface area contributed by atoms with Crippen molar-refractivity contribution >= 4 is 60.5 Å². The van der Waals surface area contributed by atoms with Gasteiger partial charge in [0, 0.05) is 33.1 Å². The number of hydrogen-bond acceptors (Lipinski definition) is 2. The Labute approximate surface area is 278 Å². The number of para-hydroxylation sites is 2. The summed E-state index contributed by atoms with van der Waals surface area (Å²) in [5.74, 6) is 0. The molecule has 1 heterocycles. The quantitative estimate of drug-likeness (QED) is 0.197. The van der Waals surface area contributed by atoms with E-state index < -0.39 is 12.1 Å². The topological polar surface area (TPSA) is 16.4 Å². The van der Waals surface area contributed by atoms with Crippen molar-refractivity contribution in [3.05, 3.63) is 176 Å². The van der Waals surface area contributed by atoms with E-state index in [4.69, 9.17) is 4.42 Å². The lowest BCUT2D eigenvalue weighted by molar-refractivity contribution is 0.670. The van der Waals surface area contributed by atoms with Crippen molar-refractivity contribution in [3.8, 4) is 22.3 Å². The van der Waals surface area contributed by atoms with Gasteiger partial charge in [-0.1, -0.05) is 133 Å². The predicted octanol–water partition coefficient (Wildman–Crippen LogP) is 12.7. The van der Waals surface area contributed by atoms with E-state index in [1.807, 2.05) is 97.1 Å². The maximum atomic E-state index is 9.50. The van der Waals surface area contributed by atoms with Crippen LogP contribution in [0.5, 0.6) is 0 Å². The molecule has 0 N–H and O–H groups in total. The van der Waals surface area contributed by atoms with E-state index in [1.54, 1.807) is 30.3 Å². The van der Waals surface area contributed by atoms with Crippen molar-refractivity contribution in [1.29, 1.82) is 0 Å². The van der Waals surface area contributed by atoms with Crippen LogP contribution >= 0.6 is 0 Å². The second kappa shape index (κ2) is 10.8. The van der Waals surface area contributed by atoms with Crippen molar-refractivity contribution in [1.82, 2.24) is 0 Å². The fourth-order valence-electron chi connectivity index (χ4n) is 6.16. The summed E-state index contributed by atoms with van der Waals surface area (Å²) in [6, 6.07) is 36.0. The summed E-state index contributed by atoms with van der Waals surface area (Å²) in [6.07, 6.45) is 0. The normalized spacial score (nSPS) is 13.9. The van der Waals surface area contributed by atoms with Gasteiger partial charge in [-0.2, -0.15) is 0 Å². The summed E-state index contributed by atoms with van der Waals surface area (Å²) in [6.45, 7) is 0. The Hall–Kier alpha value is -6.12. The Balaban J connectivity index is 1.33. The lowest BCUT2D eigenvalue weighted by Gasteiger charge is -2.27. The molecule has 2 heteroatoms. The molecule has 0 bridgehead atoms. The Morgan fingerprint density at radius 3 is 1.85 bits per heavy atom. The highest BCUT2D eigenvalue weighted by molar-refractivity contribution is 6.09. The number of hydrogen-bond donors (Lipinski definition) is 0. The molecule has 0 saturated heterocycles. The van der Waals surface area contributed by atoms with E-state index in [2.05, 4.69) is 0 Å². The molecule has 0 aliphatic rings. The first kappa shape index (κ1) is 19.3. The molecule has 46 heavy (non-hydrogen) atoms. The molecule has 8 aromatic carbocycles. The van der Waals surface area contributed by atoms with Crippen LogP contribution in [0.4, 0.5) is 17.1 Å². The Bertz CT molecular complexity index is 2950. The lowest BCUT2D eigenvalue weighted by atomic mass is 10.00. The molecule has 0 radical (unpaired) electrons. The minimum Gasteiger partial charge on any atom is -0.455 e. The monoisotopic (exact) mass is 595 g/mol. The van der Waals surface area contributed by atoms with Gasteiger partial charge >= 0.3 is 0 Å². The molecule has 0 amide bonds. The maximum absolute atomic E-state index is 9.50. The van der Waals surface area contributed by atoms with Gasteiger partial charge in [-0.15, -0.1) is 0 Å². The molecule has 0 atom stereocenters. The van der Waals surface area contributed by atoms with Crippen molar-refractivity contribution in [2.24, 2.45) is 0 Å². The van der Waals surface area contributed by atoms with Crippen LogP contribution in [0.1, 0.15) is 11.0 Å². The molecule has 0 fully saturated rings. The van der Waals surface area contributed by atoms with Gasteiger partial charge in [0.25, 0.3) is 0 Å². The summed E-state index contributed by atoms with van der Waals surface area (Å²) in [5.41, 5.74) is 2.11. The van der Waals surface area contributed by atoms with E-state index in [0.717, 1.165) is 26.9 Å². The number of furan rings is 1. The van der Waals surface area contributed by atoms with Crippen LogP contribution < -0.4 is 4.90 Å². The van der Waals surface area contributed by atoms with Crippen molar-refractivity contribution in [2.45, 2.75) is 0 Å². The summed E-state index contributed by atoms with van der Waals surface area (Å²) in [7, 11) is 0. The maximum Gasteiger partial charge on any atom is 0.143 e. The zero-order chi connectivity index (χ0) is 37.4. The number of nitrogens with zero attached hydrogens (tertiary/aromatic N) is 1. The summed E-state index contributed by atoms with van der Waals surface area (Å²) in [5, 5.41) is 4.94. The molecule has 1 aromatic heterocycles. The average Bonchev–Trinajstić information content (AvgIpc) is 3.58. The van der Waals surface area contributed by atoms with Crippen molar-refractivity contribution in [2.75, 3.05) is 4.90 Å². The minimum atomic E-state index is -0.414. The molecule has 0 unspecified atom stereocenters. The second-order valence-electron chi connectivity index (χ2n) is 11.1. The Kier molecular flexibility index (Phi) is 4.53. The molecule has 0 spiro atoms. The smallest absolute Gasteiger partial charge is 0.143 e. The highest BCUT2D eigenvalue weighted by Crippen LogP contribution is 2.41. The fraction of sp³-hybridized carbons (Fsp3) is 0. The molecule has 0 saturated carbocycles. The van der Waals surface area contributed by atoms with E-state index in [-0.39, 0.29) is 58.8 Å². The third-order valence-corrected chi connectivity index (χ3v) is 8.39. The molecule has 9 aromatic rings. The van der Waals surface area contributed by atoms with Gasteiger partial charge in [-0.05, 0) is 75.2 Å². The molecule has 216 valence electrons. The van der Waals surface area contributed by atoms with Gasteiger partial charge in [0.05, 0.1) is 16.7 Å². The summed E-state index contributed by atoms with van der Waals surface area (Å²) in [4.78, 5) is 1.36. The van der Waals surface area contributed by atoms with Crippen LogP contribution in [0.15, 0.2) is 180 Å². The van der Waals surface area contributed by atoms with Crippen molar-refractivity contribution in [3.63, 3.8) is 0 Å². The lowest BCUT2D eigenvalue weighted by Crippen LogP contribution is -2.10. The highest BCUT2D eigenvalue weighted by Gasteiger charge is 2.17. The van der Waals surface area contributed by atoms with E-state index in [1.165, 1.54) is 4.90 Å². The number of benzene rings is 8. The SMILES string of the molecule is [2H]c1c([2H])c(N(c2c([2H])c([2H])c(-c3cccc4c3oc3ccccc34)c([2H])c2[2H])c2cccc3ccccc23)c([2H])c([2H])c1-c1ccc2ccccc2c1. The van der Waals surface area contributed by atoms with Crippen LogP contribution in [0.3, 0.4) is 0 Å². The predicted molar refractivity (Wildman–Crippen MR) is 194 cm³/mol. The number of anilines is 3. The molecule has 2 nitrogen and oxygen atoms in total. The number of fused-ring (bicyclic) bond motifs is 5. The second-order valence-corrected chi connectivity index (χ2v) is 11.1. The average molecular weight is 596 g/mol.